The number of nitrogens with one attached hydrogen (secondary N) is 1. The molecule has 0 radical (unpaired) electrons. The average Bonchev–Trinajstić information content (AvgIpc) is 3.35. The number of amides is 2. The van der Waals surface area contributed by atoms with Gasteiger partial charge in [-0.2, -0.15) is 0 Å². The first-order chi connectivity index (χ1) is 17.4. The quantitative estimate of drug-likeness (QED) is 0.426. The van der Waals surface area contributed by atoms with Gasteiger partial charge in [-0.15, -0.1) is 0 Å². The molecule has 7 nitrogen and oxygen atoms in total. The summed E-state index contributed by atoms with van der Waals surface area (Å²) in [6, 6.07) is 22.6. The minimum Gasteiger partial charge on any atom is -0.494 e. The van der Waals surface area contributed by atoms with E-state index in [0.717, 1.165) is 20.5 Å². The van der Waals surface area contributed by atoms with Crippen LogP contribution >= 0.6 is 15.9 Å². The topological polar surface area (TPSA) is 95.9 Å². The van der Waals surface area contributed by atoms with Crippen molar-refractivity contribution >= 4 is 39.4 Å². The summed E-state index contributed by atoms with van der Waals surface area (Å²) in [6.07, 6.45) is 0.0630. The van der Waals surface area contributed by atoms with Crippen molar-refractivity contribution in [2.45, 2.75) is 24.9 Å². The third-order valence-electron chi connectivity index (χ3n) is 7.00. The number of rotatable bonds is 7. The summed E-state index contributed by atoms with van der Waals surface area (Å²) in [5, 5.41) is 13.8. The molecular formula is C28H25BrN2O5. The zero-order valence-electron chi connectivity index (χ0n) is 19.6. The van der Waals surface area contributed by atoms with Crippen molar-refractivity contribution in [2.24, 2.45) is 11.8 Å². The molecule has 2 amide bonds. The number of ether oxygens (including phenoxy) is 1. The van der Waals surface area contributed by atoms with E-state index in [1.807, 2.05) is 61.5 Å². The minimum atomic E-state index is -1.66. The van der Waals surface area contributed by atoms with Gasteiger partial charge >= 0.3 is 5.97 Å². The number of imide groups is 1. The van der Waals surface area contributed by atoms with Crippen molar-refractivity contribution in [3.8, 4) is 5.75 Å². The molecule has 0 unspecified atom stereocenters. The minimum absolute atomic E-state index is 0.0630. The SMILES string of the molecule is CCOc1ccc(N2C(=O)[C@@H]3[C@H](c4ccc(Br)cc4)N[C@@](Cc4ccccc4)(C(=O)O)[C@H]3C2=O)cc1. The van der Waals surface area contributed by atoms with Gasteiger partial charge in [0.2, 0.25) is 11.8 Å². The Morgan fingerprint density at radius 3 is 2.28 bits per heavy atom. The van der Waals surface area contributed by atoms with Crippen LogP contribution < -0.4 is 15.0 Å². The van der Waals surface area contributed by atoms with Crippen LogP contribution in [0.5, 0.6) is 5.75 Å². The average molecular weight is 549 g/mol. The molecule has 2 N–H and O–H groups in total. The lowest BCUT2D eigenvalue weighted by molar-refractivity contribution is -0.148. The van der Waals surface area contributed by atoms with Gasteiger partial charge in [0.15, 0.2) is 0 Å². The highest BCUT2D eigenvalue weighted by atomic mass is 79.9. The molecular weight excluding hydrogens is 524 g/mol. The van der Waals surface area contributed by atoms with E-state index >= 15 is 0 Å². The molecule has 2 heterocycles. The first kappa shape index (κ1) is 24.2. The second kappa shape index (κ2) is 9.52. The smallest absolute Gasteiger partial charge is 0.325 e. The van der Waals surface area contributed by atoms with Crippen LogP contribution in [0, 0.1) is 11.8 Å². The molecule has 0 aliphatic carbocycles. The second-order valence-electron chi connectivity index (χ2n) is 9.05. The maximum Gasteiger partial charge on any atom is 0.325 e. The van der Waals surface area contributed by atoms with Gasteiger partial charge < -0.3 is 9.84 Å². The van der Waals surface area contributed by atoms with Crippen LogP contribution in [0.4, 0.5) is 5.69 Å². The van der Waals surface area contributed by atoms with Gasteiger partial charge in [-0.25, -0.2) is 4.90 Å². The monoisotopic (exact) mass is 548 g/mol. The number of carbonyl (C=O) groups excluding carboxylic acids is 2. The Morgan fingerprint density at radius 1 is 1.00 bits per heavy atom. The molecule has 2 aliphatic heterocycles. The van der Waals surface area contributed by atoms with Crippen LogP contribution in [0.1, 0.15) is 24.1 Å². The molecule has 0 aromatic heterocycles. The highest BCUT2D eigenvalue weighted by Gasteiger charge is 2.68. The molecule has 3 aromatic carbocycles. The maximum atomic E-state index is 13.9. The number of carboxylic acid groups (broad SMARTS) is 1. The molecule has 3 aromatic rings. The molecule has 5 rings (SSSR count). The Hall–Kier alpha value is -3.49. The van der Waals surface area contributed by atoms with Crippen LogP contribution in [0.2, 0.25) is 0 Å². The maximum absolute atomic E-state index is 13.9. The van der Waals surface area contributed by atoms with Crippen molar-refractivity contribution in [1.29, 1.82) is 0 Å². The molecule has 0 bridgehead atoms. The number of carbonyl (C=O) groups is 3. The predicted molar refractivity (Wildman–Crippen MR) is 138 cm³/mol. The number of fused-ring (bicyclic) bond motifs is 1. The van der Waals surface area contributed by atoms with E-state index in [1.165, 1.54) is 0 Å². The molecule has 0 spiro atoms. The number of hydrogen-bond acceptors (Lipinski definition) is 5. The number of benzene rings is 3. The van der Waals surface area contributed by atoms with E-state index < -0.39 is 41.2 Å². The van der Waals surface area contributed by atoms with Crippen LogP contribution in [0.25, 0.3) is 0 Å². The molecule has 2 saturated heterocycles. The van der Waals surface area contributed by atoms with Crippen molar-refractivity contribution in [3.63, 3.8) is 0 Å². The number of nitrogens with zero attached hydrogens (tertiary/aromatic N) is 1. The van der Waals surface area contributed by atoms with E-state index in [0.29, 0.717) is 18.0 Å². The summed E-state index contributed by atoms with van der Waals surface area (Å²) in [5.41, 5.74) is 0.258. The largest absolute Gasteiger partial charge is 0.494 e. The third kappa shape index (κ3) is 4.00. The van der Waals surface area contributed by atoms with Crippen LogP contribution in [0.3, 0.4) is 0 Å². The Kier molecular flexibility index (Phi) is 6.40. The Labute approximate surface area is 217 Å². The van der Waals surface area contributed by atoms with Crippen LogP contribution in [-0.4, -0.2) is 35.0 Å². The lowest BCUT2D eigenvalue weighted by atomic mass is 9.76. The molecule has 2 fully saturated rings. The zero-order chi connectivity index (χ0) is 25.4. The number of aliphatic carboxylic acids is 1. The number of anilines is 1. The first-order valence-corrected chi connectivity index (χ1v) is 12.6. The number of halogens is 1. The van der Waals surface area contributed by atoms with Crippen molar-refractivity contribution < 1.29 is 24.2 Å². The fraction of sp³-hybridized carbons (Fsp3) is 0.250. The highest BCUT2D eigenvalue weighted by molar-refractivity contribution is 9.10. The van der Waals surface area contributed by atoms with E-state index in [4.69, 9.17) is 4.74 Å². The second-order valence-corrected chi connectivity index (χ2v) is 9.97. The molecule has 0 saturated carbocycles. The van der Waals surface area contributed by atoms with Gasteiger partial charge in [0.1, 0.15) is 11.3 Å². The predicted octanol–water partition coefficient (Wildman–Crippen LogP) is 4.36. The van der Waals surface area contributed by atoms with Crippen LogP contribution in [-0.2, 0) is 20.8 Å². The summed E-state index contributed by atoms with van der Waals surface area (Å²) < 4.78 is 6.35. The molecule has 36 heavy (non-hydrogen) atoms. The highest BCUT2D eigenvalue weighted by Crippen LogP contribution is 2.51. The molecule has 8 heteroatoms. The third-order valence-corrected chi connectivity index (χ3v) is 7.53. The molecule has 2 aliphatic rings. The van der Waals surface area contributed by atoms with Crippen LogP contribution in [0.15, 0.2) is 83.3 Å². The van der Waals surface area contributed by atoms with Gasteiger partial charge in [-0.1, -0.05) is 58.4 Å². The summed E-state index contributed by atoms with van der Waals surface area (Å²) >= 11 is 3.42. The van der Waals surface area contributed by atoms with E-state index in [-0.39, 0.29) is 6.42 Å². The summed E-state index contributed by atoms with van der Waals surface area (Å²) in [4.78, 5) is 41.9. The summed E-state index contributed by atoms with van der Waals surface area (Å²) in [5.74, 6) is -3.41. The van der Waals surface area contributed by atoms with Gasteiger partial charge in [-0.05, 0) is 54.4 Å². The van der Waals surface area contributed by atoms with E-state index in [9.17, 15) is 19.5 Å². The Balaban J connectivity index is 1.61. The summed E-state index contributed by atoms with van der Waals surface area (Å²) in [6.45, 7) is 2.36. The fourth-order valence-corrected chi connectivity index (χ4v) is 5.69. The van der Waals surface area contributed by atoms with Crippen molar-refractivity contribution in [1.82, 2.24) is 5.32 Å². The van der Waals surface area contributed by atoms with E-state index in [2.05, 4.69) is 21.2 Å². The lowest BCUT2D eigenvalue weighted by Crippen LogP contribution is -2.57. The van der Waals surface area contributed by atoms with Gasteiger partial charge in [0.05, 0.1) is 24.1 Å². The molecule has 184 valence electrons. The lowest BCUT2D eigenvalue weighted by Gasteiger charge is -2.31. The first-order valence-electron chi connectivity index (χ1n) is 11.8. The van der Waals surface area contributed by atoms with Gasteiger partial charge in [0, 0.05) is 16.9 Å². The fourth-order valence-electron chi connectivity index (χ4n) is 5.42. The van der Waals surface area contributed by atoms with Gasteiger partial charge in [-0.3, -0.25) is 19.7 Å². The normalized spacial score (nSPS) is 25.2. The van der Waals surface area contributed by atoms with Crippen molar-refractivity contribution in [3.05, 3.63) is 94.5 Å². The Morgan fingerprint density at radius 2 is 1.67 bits per heavy atom. The number of hydrogen-bond donors (Lipinski definition) is 2. The number of carboxylic acids is 1. The zero-order valence-corrected chi connectivity index (χ0v) is 21.1. The van der Waals surface area contributed by atoms with Gasteiger partial charge in [0.25, 0.3) is 0 Å². The molecule has 4 atom stereocenters. The standard InChI is InChI=1S/C28H25BrN2O5/c1-2-36-21-14-12-20(13-15-21)31-25(32)22-23(26(31)33)28(27(34)35,16-17-6-4-3-5-7-17)30-24(22)18-8-10-19(29)11-9-18/h3-15,22-24,30H,2,16H2,1H3,(H,34,35)/t22-,23+,24-,28+/m0/s1. The van der Waals surface area contributed by atoms with Crippen molar-refractivity contribution in [2.75, 3.05) is 11.5 Å². The van der Waals surface area contributed by atoms with E-state index in [1.54, 1.807) is 24.3 Å². The Bertz CT molecular complexity index is 1300. The summed E-state index contributed by atoms with van der Waals surface area (Å²) in [7, 11) is 0.